The Morgan fingerprint density at radius 2 is 1.86 bits per heavy atom. The minimum atomic E-state index is -1.04. The molecule has 22 heavy (non-hydrogen) atoms. The molecule has 6 heteroatoms. The Bertz CT molecular complexity index is 663. The molecule has 0 unspecified atom stereocenters. The summed E-state index contributed by atoms with van der Waals surface area (Å²) >= 11 is 0.987. The molecule has 1 aromatic carbocycles. The summed E-state index contributed by atoms with van der Waals surface area (Å²) in [6.07, 6.45) is 1.48. The van der Waals surface area contributed by atoms with Crippen molar-refractivity contribution in [3.05, 3.63) is 35.2 Å². The highest BCUT2D eigenvalue weighted by molar-refractivity contribution is 7.18. The predicted octanol–water partition coefficient (Wildman–Crippen LogP) is 3.88. The Morgan fingerprint density at radius 3 is 2.41 bits per heavy atom. The maximum Gasteiger partial charge on any atom is 0.348 e. The summed E-state index contributed by atoms with van der Waals surface area (Å²) in [5.41, 5.74) is 1.11. The first kappa shape index (κ1) is 16.2. The summed E-state index contributed by atoms with van der Waals surface area (Å²) in [4.78, 5) is 27.9. The van der Waals surface area contributed by atoms with E-state index >= 15 is 0 Å². The van der Waals surface area contributed by atoms with Crippen LogP contribution in [0.25, 0.3) is 11.3 Å². The van der Waals surface area contributed by atoms with E-state index in [1.165, 1.54) is 0 Å². The SMILES string of the molecule is CCC(CC)C(=O)Nc1nc(-c2ccccc2)c(C(=O)O)s1. The van der Waals surface area contributed by atoms with E-state index in [1.54, 1.807) is 12.1 Å². The lowest BCUT2D eigenvalue weighted by Gasteiger charge is -2.10. The number of hydrogen-bond donors (Lipinski definition) is 2. The molecule has 0 saturated carbocycles. The van der Waals surface area contributed by atoms with Gasteiger partial charge in [0.2, 0.25) is 5.91 Å². The molecule has 0 aliphatic carbocycles. The van der Waals surface area contributed by atoms with Gasteiger partial charge in [-0.15, -0.1) is 0 Å². The highest BCUT2D eigenvalue weighted by Crippen LogP contribution is 2.31. The van der Waals surface area contributed by atoms with Gasteiger partial charge in [-0.25, -0.2) is 9.78 Å². The van der Waals surface area contributed by atoms with Gasteiger partial charge in [-0.05, 0) is 12.8 Å². The number of amides is 1. The molecule has 0 spiro atoms. The molecule has 0 bridgehead atoms. The number of thiazole rings is 1. The third-order valence-corrected chi connectivity index (χ3v) is 4.41. The number of aromatic nitrogens is 1. The van der Waals surface area contributed by atoms with E-state index in [0.29, 0.717) is 10.8 Å². The fourth-order valence-corrected chi connectivity index (χ4v) is 3.01. The highest BCUT2D eigenvalue weighted by atomic mass is 32.1. The third kappa shape index (κ3) is 3.51. The zero-order valence-corrected chi connectivity index (χ0v) is 13.3. The molecular weight excluding hydrogens is 300 g/mol. The molecule has 5 nitrogen and oxygen atoms in total. The smallest absolute Gasteiger partial charge is 0.348 e. The standard InChI is InChI=1S/C16H18N2O3S/c1-3-10(4-2)14(19)18-16-17-12(13(22-16)15(20)21)11-8-6-5-7-9-11/h5-10H,3-4H2,1-2H3,(H,20,21)(H,17,18,19). The Hall–Kier alpha value is -2.21. The summed E-state index contributed by atoms with van der Waals surface area (Å²) in [6.45, 7) is 3.90. The molecule has 0 aliphatic rings. The molecule has 2 rings (SSSR count). The van der Waals surface area contributed by atoms with Crippen molar-refractivity contribution in [3.63, 3.8) is 0 Å². The van der Waals surface area contributed by atoms with Gasteiger partial charge in [0.05, 0.1) is 5.69 Å². The van der Waals surface area contributed by atoms with Crippen molar-refractivity contribution < 1.29 is 14.7 Å². The summed E-state index contributed by atoms with van der Waals surface area (Å²) in [7, 11) is 0. The van der Waals surface area contributed by atoms with E-state index in [0.717, 1.165) is 29.7 Å². The van der Waals surface area contributed by atoms with Gasteiger partial charge < -0.3 is 10.4 Å². The van der Waals surface area contributed by atoms with Crippen molar-refractivity contribution in [2.45, 2.75) is 26.7 Å². The molecule has 1 aromatic heterocycles. The van der Waals surface area contributed by atoms with Crippen LogP contribution in [0.5, 0.6) is 0 Å². The van der Waals surface area contributed by atoms with Gasteiger partial charge >= 0.3 is 5.97 Å². The van der Waals surface area contributed by atoms with Gasteiger partial charge in [-0.1, -0.05) is 55.5 Å². The van der Waals surface area contributed by atoms with E-state index in [1.807, 2.05) is 32.0 Å². The number of nitrogens with zero attached hydrogens (tertiary/aromatic N) is 1. The number of rotatable bonds is 6. The van der Waals surface area contributed by atoms with Crippen LogP contribution in [-0.4, -0.2) is 22.0 Å². The lowest BCUT2D eigenvalue weighted by molar-refractivity contribution is -0.120. The number of carbonyl (C=O) groups excluding carboxylic acids is 1. The third-order valence-electron chi connectivity index (χ3n) is 3.46. The van der Waals surface area contributed by atoms with E-state index < -0.39 is 5.97 Å². The number of carboxylic acids is 1. The highest BCUT2D eigenvalue weighted by Gasteiger charge is 2.21. The largest absolute Gasteiger partial charge is 0.477 e. The quantitative estimate of drug-likeness (QED) is 0.847. The van der Waals surface area contributed by atoms with Crippen LogP contribution in [0.2, 0.25) is 0 Å². The van der Waals surface area contributed by atoms with Crippen molar-refractivity contribution in [2.24, 2.45) is 5.92 Å². The Kier molecular flexibility index (Phi) is 5.27. The van der Waals surface area contributed by atoms with E-state index in [9.17, 15) is 14.7 Å². The van der Waals surface area contributed by atoms with Crippen LogP contribution < -0.4 is 5.32 Å². The Balaban J connectivity index is 2.32. The van der Waals surface area contributed by atoms with E-state index in [-0.39, 0.29) is 16.7 Å². The molecule has 0 saturated heterocycles. The zero-order valence-electron chi connectivity index (χ0n) is 12.5. The van der Waals surface area contributed by atoms with Crippen molar-refractivity contribution in [1.29, 1.82) is 0 Å². The van der Waals surface area contributed by atoms with E-state index in [4.69, 9.17) is 0 Å². The van der Waals surface area contributed by atoms with Crippen LogP contribution in [0.1, 0.15) is 36.4 Å². The van der Waals surface area contributed by atoms with Crippen molar-refractivity contribution in [3.8, 4) is 11.3 Å². The normalized spacial score (nSPS) is 10.7. The van der Waals surface area contributed by atoms with Crippen molar-refractivity contribution >= 4 is 28.3 Å². The number of carbonyl (C=O) groups is 2. The van der Waals surface area contributed by atoms with Crippen LogP contribution in [0.4, 0.5) is 5.13 Å². The first-order chi connectivity index (χ1) is 10.6. The van der Waals surface area contributed by atoms with Gasteiger partial charge in [0, 0.05) is 11.5 Å². The molecule has 2 N–H and O–H groups in total. The second kappa shape index (κ2) is 7.17. The molecule has 0 radical (unpaired) electrons. The number of anilines is 1. The van der Waals surface area contributed by atoms with Crippen LogP contribution >= 0.6 is 11.3 Å². The number of benzene rings is 1. The molecule has 1 amide bonds. The number of aromatic carboxylic acids is 1. The van der Waals surface area contributed by atoms with Crippen LogP contribution in [-0.2, 0) is 4.79 Å². The minimum absolute atomic E-state index is 0.0858. The van der Waals surface area contributed by atoms with Crippen molar-refractivity contribution in [1.82, 2.24) is 4.98 Å². The Labute approximate surface area is 133 Å². The van der Waals surface area contributed by atoms with Crippen molar-refractivity contribution in [2.75, 3.05) is 5.32 Å². The van der Waals surface area contributed by atoms with Gasteiger partial charge in [0.15, 0.2) is 5.13 Å². The summed E-state index contributed by atoms with van der Waals surface area (Å²) < 4.78 is 0. The first-order valence-electron chi connectivity index (χ1n) is 7.17. The zero-order chi connectivity index (χ0) is 16.1. The second-order valence-electron chi connectivity index (χ2n) is 4.87. The lowest BCUT2D eigenvalue weighted by Crippen LogP contribution is -2.21. The van der Waals surface area contributed by atoms with Crippen LogP contribution in [0.15, 0.2) is 30.3 Å². The van der Waals surface area contributed by atoms with Crippen LogP contribution in [0.3, 0.4) is 0 Å². The molecule has 0 aliphatic heterocycles. The molecule has 0 fully saturated rings. The monoisotopic (exact) mass is 318 g/mol. The topological polar surface area (TPSA) is 79.3 Å². The molecular formula is C16H18N2O3S. The number of nitrogens with one attached hydrogen (secondary N) is 1. The van der Waals surface area contributed by atoms with Gasteiger partial charge in [-0.3, -0.25) is 4.79 Å². The predicted molar refractivity (Wildman–Crippen MR) is 87.2 cm³/mol. The Morgan fingerprint density at radius 1 is 1.23 bits per heavy atom. The first-order valence-corrected chi connectivity index (χ1v) is 7.98. The van der Waals surface area contributed by atoms with Gasteiger partial charge in [0.25, 0.3) is 0 Å². The molecule has 2 aromatic rings. The summed E-state index contributed by atoms with van der Waals surface area (Å²) in [5.74, 6) is -1.24. The molecule has 1 heterocycles. The summed E-state index contributed by atoms with van der Waals surface area (Å²) in [6, 6.07) is 9.10. The maximum atomic E-state index is 12.1. The fourth-order valence-electron chi connectivity index (χ4n) is 2.18. The molecule has 116 valence electrons. The average molecular weight is 318 g/mol. The average Bonchev–Trinajstić information content (AvgIpc) is 2.93. The van der Waals surface area contributed by atoms with Gasteiger partial charge in [0.1, 0.15) is 4.88 Å². The lowest BCUT2D eigenvalue weighted by atomic mass is 10.0. The van der Waals surface area contributed by atoms with Crippen LogP contribution in [0, 0.1) is 5.92 Å². The summed E-state index contributed by atoms with van der Waals surface area (Å²) in [5, 5.41) is 12.4. The molecule has 0 atom stereocenters. The fraction of sp³-hybridized carbons (Fsp3) is 0.312. The van der Waals surface area contributed by atoms with E-state index in [2.05, 4.69) is 10.3 Å². The number of hydrogen-bond acceptors (Lipinski definition) is 4. The second-order valence-corrected chi connectivity index (χ2v) is 5.87. The van der Waals surface area contributed by atoms with Gasteiger partial charge in [-0.2, -0.15) is 0 Å². The number of carboxylic acid groups (broad SMARTS) is 1. The maximum absolute atomic E-state index is 12.1. The minimum Gasteiger partial charge on any atom is -0.477 e.